The number of aryl methyl sites for hydroxylation is 1. The average molecular weight is 316 g/mol. The Morgan fingerprint density at radius 3 is 2.83 bits per heavy atom. The predicted molar refractivity (Wildman–Crippen MR) is 87.5 cm³/mol. The van der Waals surface area contributed by atoms with E-state index in [1.54, 1.807) is 20.1 Å². The van der Waals surface area contributed by atoms with Crippen molar-refractivity contribution in [3.63, 3.8) is 0 Å². The third kappa shape index (κ3) is 2.62. The highest BCUT2D eigenvalue weighted by molar-refractivity contribution is 5.89. The molecule has 0 N–H and O–H groups in total. The van der Waals surface area contributed by atoms with Gasteiger partial charge in [-0.3, -0.25) is 4.99 Å². The van der Waals surface area contributed by atoms with Gasteiger partial charge in [-0.05, 0) is 56.4 Å². The molecule has 23 heavy (non-hydrogen) atoms. The quantitative estimate of drug-likeness (QED) is 0.624. The summed E-state index contributed by atoms with van der Waals surface area (Å²) in [6, 6.07) is 0. The number of hydrogen-bond donors (Lipinski definition) is 0. The number of ether oxygens (including phenoxy) is 1. The monoisotopic (exact) mass is 316 g/mol. The molecule has 1 heterocycles. The number of oxazole rings is 1. The number of carbonyl (C=O) groups excluding carboxylic acids is 1. The molecule has 1 fully saturated rings. The Balaban J connectivity index is 1.78. The fourth-order valence-electron chi connectivity index (χ4n) is 3.84. The molecule has 0 spiro atoms. The first-order valence-electron chi connectivity index (χ1n) is 8.22. The van der Waals surface area contributed by atoms with Gasteiger partial charge in [0.1, 0.15) is 5.76 Å². The molecule has 0 unspecified atom stereocenters. The summed E-state index contributed by atoms with van der Waals surface area (Å²) in [5.74, 6) is 1.71. The number of allylic oxidation sites excluding steroid dienone is 2. The molecule has 3 aliphatic rings. The van der Waals surface area contributed by atoms with Crippen molar-refractivity contribution >= 4 is 12.2 Å². The molecule has 0 aromatic carbocycles. The van der Waals surface area contributed by atoms with Crippen LogP contribution in [0.5, 0.6) is 0 Å². The minimum absolute atomic E-state index is 0.228. The molecule has 5 nitrogen and oxygen atoms in total. The number of nitrogens with zero attached hydrogens (tertiary/aromatic N) is 2. The van der Waals surface area contributed by atoms with Gasteiger partial charge in [-0.15, -0.1) is 0 Å². The zero-order chi connectivity index (χ0) is 16.8. The Bertz CT molecular complexity index is 697. The Hall–Kier alpha value is -1.91. The summed E-state index contributed by atoms with van der Waals surface area (Å²) in [5, 5.41) is 0. The van der Waals surface area contributed by atoms with Crippen LogP contribution in [-0.4, -0.2) is 23.8 Å². The number of aliphatic imine (C=N–C) groups is 1. The first-order chi connectivity index (χ1) is 10.8. The largest absolute Gasteiger partial charge is 0.461 e. The molecule has 2 atom stereocenters. The maximum Gasteiger partial charge on any atom is 0.360 e. The molecule has 1 saturated carbocycles. The van der Waals surface area contributed by atoms with Gasteiger partial charge in [-0.1, -0.05) is 13.8 Å². The second kappa shape index (κ2) is 5.62. The zero-order valence-corrected chi connectivity index (χ0v) is 14.5. The second-order valence-electron chi connectivity index (χ2n) is 7.08. The standard InChI is InChI=1S/C18H24N2O3/c1-6-22-17(21)16-11(3)23-15(20-16)9-19-14-8-12-7-13(10(14)2)18(12,4)5/h9,12-13H,6-8H2,1-5H3/t12-,13+/m1/s1. The second-order valence-corrected chi connectivity index (χ2v) is 7.08. The third-order valence-corrected chi connectivity index (χ3v) is 5.50. The molecule has 1 aromatic heterocycles. The maximum atomic E-state index is 11.8. The van der Waals surface area contributed by atoms with Crippen LogP contribution in [0.15, 0.2) is 20.7 Å². The molecule has 4 rings (SSSR count). The summed E-state index contributed by atoms with van der Waals surface area (Å²) in [5.41, 5.74) is 3.15. The van der Waals surface area contributed by atoms with Crippen molar-refractivity contribution in [2.45, 2.75) is 47.5 Å². The summed E-state index contributed by atoms with van der Waals surface area (Å²) in [6.45, 7) is 10.7. The van der Waals surface area contributed by atoms with Crippen LogP contribution in [0.4, 0.5) is 0 Å². The third-order valence-electron chi connectivity index (χ3n) is 5.50. The van der Waals surface area contributed by atoms with Crippen molar-refractivity contribution in [2.75, 3.05) is 6.61 Å². The van der Waals surface area contributed by atoms with Crippen molar-refractivity contribution < 1.29 is 13.9 Å². The molecular formula is C18H24N2O3. The molecule has 2 bridgehead atoms. The van der Waals surface area contributed by atoms with Crippen molar-refractivity contribution in [2.24, 2.45) is 22.2 Å². The fourth-order valence-corrected chi connectivity index (χ4v) is 3.84. The zero-order valence-electron chi connectivity index (χ0n) is 14.5. The van der Waals surface area contributed by atoms with Crippen LogP contribution in [-0.2, 0) is 4.74 Å². The van der Waals surface area contributed by atoms with Crippen LogP contribution >= 0.6 is 0 Å². The first kappa shape index (κ1) is 16.0. The number of esters is 1. The van der Waals surface area contributed by atoms with Crippen LogP contribution in [0.3, 0.4) is 0 Å². The molecule has 0 saturated heterocycles. The molecule has 124 valence electrons. The topological polar surface area (TPSA) is 64.7 Å². The lowest BCUT2D eigenvalue weighted by Crippen LogP contribution is -2.48. The first-order valence-corrected chi connectivity index (χ1v) is 8.22. The van der Waals surface area contributed by atoms with E-state index in [4.69, 9.17) is 9.15 Å². The highest BCUT2D eigenvalue weighted by atomic mass is 16.5. The van der Waals surface area contributed by atoms with E-state index in [0.717, 1.165) is 12.1 Å². The number of fused-ring (bicyclic) bond motifs is 1. The minimum atomic E-state index is -0.454. The van der Waals surface area contributed by atoms with Crippen LogP contribution in [0.2, 0.25) is 0 Å². The maximum absolute atomic E-state index is 11.8. The summed E-state index contributed by atoms with van der Waals surface area (Å²) in [4.78, 5) is 20.5. The lowest BCUT2D eigenvalue weighted by Gasteiger charge is -2.56. The van der Waals surface area contributed by atoms with E-state index >= 15 is 0 Å². The smallest absolute Gasteiger partial charge is 0.360 e. The molecule has 0 aliphatic heterocycles. The fraction of sp³-hybridized carbons (Fsp3) is 0.611. The number of rotatable bonds is 4. The SMILES string of the molecule is CCOC(=O)c1nc(C=NC2=C(C)[C@@H]3C[C@H](C2)C3(C)C)oc1C. The summed E-state index contributed by atoms with van der Waals surface area (Å²) in [6.07, 6.45) is 3.91. The lowest BCUT2D eigenvalue weighted by atomic mass is 9.48. The van der Waals surface area contributed by atoms with Gasteiger partial charge in [0.2, 0.25) is 5.89 Å². The van der Waals surface area contributed by atoms with Gasteiger partial charge in [0.25, 0.3) is 0 Å². The van der Waals surface area contributed by atoms with Crippen LogP contribution in [0, 0.1) is 24.2 Å². The van der Waals surface area contributed by atoms with Gasteiger partial charge >= 0.3 is 5.97 Å². The van der Waals surface area contributed by atoms with Crippen molar-refractivity contribution in [3.05, 3.63) is 28.6 Å². The van der Waals surface area contributed by atoms with Crippen molar-refractivity contribution in [1.82, 2.24) is 4.98 Å². The molecular weight excluding hydrogens is 292 g/mol. The van der Waals surface area contributed by atoms with Gasteiger partial charge < -0.3 is 9.15 Å². The summed E-state index contributed by atoms with van der Waals surface area (Å²) in [7, 11) is 0. The van der Waals surface area contributed by atoms with E-state index in [9.17, 15) is 4.79 Å². The number of carbonyl (C=O) groups is 1. The molecule has 0 radical (unpaired) electrons. The van der Waals surface area contributed by atoms with Gasteiger partial charge in [-0.2, -0.15) is 0 Å². The molecule has 0 amide bonds. The van der Waals surface area contributed by atoms with Gasteiger partial charge in [0.15, 0.2) is 5.69 Å². The molecule has 1 aromatic rings. The van der Waals surface area contributed by atoms with Gasteiger partial charge in [0, 0.05) is 5.70 Å². The minimum Gasteiger partial charge on any atom is -0.461 e. The Labute approximate surface area is 136 Å². The average Bonchev–Trinajstić information content (AvgIpc) is 2.87. The van der Waals surface area contributed by atoms with E-state index < -0.39 is 5.97 Å². The Kier molecular flexibility index (Phi) is 3.90. The highest BCUT2D eigenvalue weighted by Crippen LogP contribution is 2.61. The van der Waals surface area contributed by atoms with E-state index in [0.29, 0.717) is 35.5 Å². The van der Waals surface area contributed by atoms with Crippen LogP contribution in [0.25, 0.3) is 0 Å². The Morgan fingerprint density at radius 2 is 2.22 bits per heavy atom. The highest BCUT2D eigenvalue weighted by Gasteiger charge is 2.52. The number of hydrogen-bond acceptors (Lipinski definition) is 5. The van der Waals surface area contributed by atoms with Gasteiger partial charge in [-0.25, -0.2) is 9.78 Å². The van der Waals surface area contributed by atoms with E-state index in [1.165, 1.54) is 12.0 Å². The van der Waals surface area contributed by atoms with Crippen LogP contribution < -0.4 is 0 Å². The Morgan fingerprint density at radius 1 is 1.48 bits per heavy atom. The van der Waals surface area contributed by atoms with Gasteiger partial charge in [0.05, 0.1) is 12.8 Å². The molecule has 3 aliphatic carbocycles. The van der Waals surface area contributed by atoms with E-state index in [-0.39, 0.29) is 5.69 Å². The predicted octanol–water partition coefficient (Wildman–Crippen LogP) is 3.92. The van der Waals surface area contributed by atoms with Crippen molar-refractivity contribution in [1.29, 1.82) is 0 Å². The molecule has 5 heteroatoms. The normalized spacial score (nSPS) is 25.6. The number of aromatic nitrogens is 1. The lowest BCUT2D eigenvalue weighted by molar-refractivity contribution is -0.0103. The van der Waals surface area contributed by atoms with Crippen molar-refractivity contribution in [3.8, 4) is 0 Å². The van der Waals surface area contributed by atoms with E-state index in [2.05, 4.69) is 30.7 Å². The summed E-state index contributed by atoms with van der Waals surface area (Å²) < 4.78 is 10.5. The summed E-state index contributed by atoms with van der Waals surface area (Å²) >= 11 is 0. The van der Waals surface area contributed by atoms with Crippen LogP contribution in [0.1, 0.15) is 62.7 Å². The van der Waals surface area contributed by atoms with E-state index in [1.807, 2.05) is 0 Å².